The summed E-state index contributed by atoms with van der Waals surface area (Å²) < 4.78 is 4.88. The third kappa shape index (κ3) is 4.71. The molecule has 1 amide bonds. The molecule has 0 aliphatic carbocycles. The van der Waals surface area contributed by atoms with Crippen LogP contribution in [0, 0.1) is 16.0 Å². The highest BCUT2D eigenvalue weighted by atomic mass is 16.6. The molecule has 1 aromatic rings. The van der Waals surface area contributed by atoms with E-state index < -0.39 is 10.8 Å². The van der Waals surface area contributed by atoms with E-state index >= 15 is 0 Å². The van der Waals surface area contributed by atoms with E-state index in [4.69, 9.17) is 4.74 Å². The van der Waals surface area contributed by atoms with E-state index in [1.165, 1.54) is 19.2 Å². The van der Waals surface area contributed by atoms with Gasteiger partial charge in [0.15, 0.2) is 5.75 Å². The van der Waals surface area contributed by atoms with Crippen LogP contribution in [0.3, 0.4) is 0 Å². The van der Waals surface area contributed by atoms with Gasteiger partial charge in [0.2, 0.25) is 0 Å². The van der Waals surface area contributed by atoms with Gasteiger partial charge >= 0.3 is 5.69 Å². The largest absolute Gasteiger partial charge is 0.490 e. The number of methoxy groups -OCH3 is 1. The average molecular weight is 296 g/mol. The molecule has 7 nitrogen and oxygen atoms in total. The molecule has 0 bridgehead atoms. The molecule has 1 aromatic carbocycles. The van der Waals surface area contributed by atoms with Gasteiger partial charge < -0.3 is 15.2 Å². The van der Waals surface area contributed by atoms with E-state index in [0.29, 0.717) is 12.3 Å². The minimum absolute atomic E-state index is 0.0949. The number of carbonyl (C=O) groups is 1. The van der Waals surface area contributed by atoms with Crippen LogP contribution in [0.5, 0.6) is 5.75 Å². The fourth-order valence-corrected chi connectivity index (χ4v) is 1.99. The summed E-state index contributed by atoms with van der Waals surface area (Å²) in [6.07, 6.45) is 0.625. The lowest BCUT2D eigenvalue weighted by atomic mass is 10.0. The molecule has 116 valence electrons. The van der Waals surface area contributed by atoms with E-state index in [2.05, 4.69) is 5.32 Å². The van der Waals surface area contributed by atoms with Gasteiger partial charge in [0.1, 0.15) is 0 Å². The Morgan fingerprint density at radius 3 is 2.62 bits per heavy atom. The molecule has 0 heterocycles. The maximum Gasteiger partial charge on any atom is 0.311 e. The Bertz CT molecular complexity index is 516. The third-order valence-electron chi connectivity index (χ3n) is 2.95. The summed E-state index contributed by atoms with van der Waals surface area (Å²) in [5.74, 6) is -0.0504. The van der Waals surface area contributed by atoms with Gasteiger partial charge in [-0.1, -0.05) is 13.8 Å². The Hall–Kier alpha value is -2.15. The van der Waals surface area contributed by atoms with Crippen LogP contribution in [0.2, 0.25) is 0 Å². The zero-order chi connectivity index (χ0) is 16.0. The quantitative estimate of drug-likeness (QED) is 0.589. The number of aliphatic hydroxyl groups is 1. The van der Waals surface area contributed by atoms with Crippen molar-refractivity contribution in [1.82, 2.24) is 5.32 Å². The van der Waals surface area contributed by atoms with E-state index in [-0.39, 0.29) is 29.6 Å². The Balaban J connectivity index is 2.92. The van der Waals surface area contributed by atoms with Gasteiger partial charge in [-0.2, -0.15) is 0 Å². The van der Waals surface area contributed by atoms with Crippen molar-refractivity contribution < 1.29 is 19.6 Å². The van der Waals surface area contributed by atoms with Crippen LogP contribution in [0.1, 0.15) is 30.6 Å². The van der Waals surface area contributed by atoms with Crippen molar-refractivity contribution in [3.05, 3.63) is 33.9 Å². The number of hydrogen-bond donors (Lipinski definition) is 2. The second-order valence-electron chi connectivity index (χ2n) is 5.13. The summed E-state index contributed by atoms with van der Waals surface area (Å²) >= 11 is 0. The fraction of sp³-hybridized carbons (Fsp3) is 0.500. The Morgan fingerprint density at radius 1 is 1.48 bits per heavy atom. The first-order chi connectivity index (χ1) is 9.88. The molecule has 0 aliphatic heterocycles. The number of nitrogens with one attached hydrogen (secondary N) is 1. The SMILES string of the molecule is COc1ccc(C(=O)NC(CO)CC(C)C)cc1[N+](=O)[O-]. The first-order valence-electron chi connectivity index (χ1n) is 6.63. The van der Waals surface area contributed by atoms with Gasteiger partial charge in [-0.25, -0.2) is 0 Å². The predicted octanol–water partition coefficient (Wildman–Crippen LogP) is 1.74. The minimum atomic E-state index is -0.604. The predicted molar refractivity (Wildman–Crippen MR) is 77.4 cm³/mol. The number of benzene rings is 1. The lowest BCUT2D eigenvalue weighted by Gasteiger charge is -2.18. The zero-order valence-corrected chi connectivity index (χ0v) is 12.3. The second kappa shape index (κ2) is 7.58. The molecule has 1 atom stereocenters. The molecular formula is C14H20N2O5. The topological polar surface area (TPSA) is 102 Å². The van der Waals surface area contributed by atoms with Crippen LogP contribution in [-0.4, -0.2) is 35.7 Å². The van der Waals surface area contributed by atoms with Gasteiger partial charge in [-0.05, 0) is 24.5 Å². The summed E-state index contributed by atoms with van der Waals surface area (Å²) in [6.45, 7) is 3.78. The highest BCUT2D eigenvalue weighted by Gasteiger charge is 2.20. The van der Waals surface area contributed by atoms with Crippen molar-refractivity contribution in [2.24, 2.45) is 5.92 Å². The van der Waals surface area contributed by atoms with Gasteiger partial charge in [-0.3, -0.25) is 14.9 Å². The number of hydrogen-bond acceptors (Lipinski definition) is 5. The first kappa shape index (κ1) is 16.9. The van der Waals surface area contributed by atoms with Crippen LogP contribution < -0.4 is 10.1 Å². The number of aliphatic hydroxyl groups excluding tert-OH is 1. The van der Waals surface area contributed by atoms with Gasteiger partial charge in [0.05, 0.1) is 24.7 Å². The first-order valence-corrected chi connectivity index (χ1v) is 6.63. The molecule has 0 fully saturated rings. The van der Waals surface area contributed by atoms with Gasteiger partial charge in [0, 0.05) is 11.6 Å². The van der Waals surface area contributed by atoms with Crippen LogP contribution in [-0.2, 0) is 0 Å². The van der Waals surface area contributed by atoms with Gasteiger partial charge in [-0.15, -0.1) is 0 Å². The highest BCUT2D eigenvalue weighted by Crippen LogP contribution is 2.27. The lowest BCUT2D eigenvalue weighted by molar-refractivity contribution is -0.385. The Morgan fingerprint density at radius 2 is 2.14 bits per heavy atom. The number of amides is 1. The second-order valence-corrected chi connectivity index (χ2v) is 5.13. The van der Waals surface area contributed by atoms with E-state index in [0.717, 1.165) is 6.07 Å². The number of nitrogens with zero attached hydrogens (tertiary/aromatic N) is 1. The summed E-state index contributed by atoms with van der Waals surface area (Å²) in [5.41, 5.74) is -0.112. The maximum absolute atomic E-state index is 12.1. The molecule has 1 unspecified atom stereocenters. The van der Waals surface area contributed by atoms with E-state index in [9.17, 15) is 20.0 Å². The maximum atomic E-state index is 12.1. The van der Waals surface area contributed by atoms with Crippen LogP contribution in [0.15, 0.2) is 18.2 Å². The Kier molecular flexibility index (Phi) is 6.10. The fourth-order valence-electron chi connectivity index (χ4n) is 1.99. The third-order valence-corrected chi connectivity index (χ3v) is 2.95. The molecule has 0 aliphatic rings. The van der Waals surface area contributed by atoms with E-state index in [1.54, 1.807) is 0 Å². The smallest absolute Gasteiger partial charge is 0.311 e. The van der Waals surface area contributed by atoms with E-state index in [1.807, 2.05) is 13.8 Å². The molecule has 0 saturated carbocycles. The minimum Gasteiger partial charge on any atom is -0.490 e. The van der Waals surface area contributed by atoms with Crippen LogP contribution >= 0.6 is 0 Å². The van der Waals surface area contributed by atoms with Crippen molar-refractivity contribution in [3.8, 4) is 5.75 Å². The number of ether oxygens (including phenoxy) is 1. The summed E-state index contributed by atoms with van der Waals surface area (Å²) in [5, 5.41) is 22.9. The van der Waals surface area contributed by atoms with Gasteiger partial charge in [0.25, 0.3) is 5.91 Å². The zero-order valence-electron chi connectivity index (χ0n) is 12.3. The lowest BCUT2D eigenvalue weighted by Crippen LogP contribution is -2.38. The molecule has 7 heteroatoms. The monoisotopic (exact) mass is 296 g/mol. The number of nitro groups is 1. The van der Waals surface area contributed by atoms with Crippen LogP contribution in [0.4, 0.5) is 5.69 Å². The van der Waals surface area contributed by atoms with Crippen molar-refractivity contribution in [1.29, 1.82) is 0 Å². The Labute approximate surface area is 123 Å². The number of carbonyl (C=O) groups excluding carboxylic acids is 1. The number of nitro benzene ring substituents is 1. The molecule has 0 aromatic heterocycles. The van der Waals surface area contributed by atoms with Crippen molar-refractivity contribution >= 4 is 11.6 Å². The normalized spacial score (nSPS) is 12.0. The number of rotatable bonds is 7. The summed E-state index contributed by atoms with van der Waals surface area (Å²) in [7, 11) is 1.33. The standard InChI is InChI=1S/C14H20N2O5/c1-9(2)6-11(8-17)15-14(18)10-4-5-13(21-3)12(7-10)16(19)20/h4-5,7,9,11,17H,6,8H2,1-3H3,(H,15,18). The molecule has 0 saturated heterocycles. The van der Waals surface area contributed by atoms with Crippen molar-refractivity contribution in [3.63, 3.8) is 0 Å². The summed E-state index contributed by atoms with van der Waals surface area (Å²) in [6, 6.07) is 3.62. The highest BCUT2D eigenvalue weighted by molar-refractivity contribution is 5.95. The molecule has 2 N–H and O–H groups in total. The molecule has 21 heavy (non-hydrogen) atoms. The van der Waals surface area contributed by atoms with Crippen molar-refractivity contribution in [2.75, 3.05) is 13.7 Å². The van der Waals surface area contributed by atoms with Crippen LogP contribution in [0.25, 0.3) is 0 Å². The molecular weight excluding hydrogens is 276 g/mol. The van der Waals surface area contributed by atoms with Crippen molar-refractivity contribution in [2.45, 2.75) is 26.3 Å². The summed E-state index contributed by atoms with van der Waals surface area (Å²) in [4.78, 5) is 22.4. The molecule has 1 rings (SSSR count). The molecule has 0 spiro atoms. The average Bonchev–Trinajstić information content (AvgIpc) is 2.45. The molecule has 0 radical (unpaired) electrons.